The van der Waals surface area contributed by atoms with E-state index in [9.17, 15) is 18.0 Å². The summed E-state index contributed by atoms with van der Waals surface area (Å²) in [7, 11) is -1.14. The second-order valence-electron chi connectivity index (χ2n) is 5.98. The molecule has 0 aliphatic heterocycles. The minimum absolute atomic E-state index is 0.0220. The quantitative estimate of drug-likeness (QED) is 0.627. The Balaban J connectivity index is 2.13. The zero-order valence-corrected chi connectivity index (χ0v) is 18.4. The Kier molecular flexibility index (Phi) is 7.22. The van der Waals surface area contributed by atoms with E-state index < -0.39 is 28.0 Å². The Labute approximate surface area is 176 Å². The van der Waals surface area contributed by atoms with Gasteiger partial charge in [0.05, 0.1) is 10.6 Å². The molecule has 0 radical (unpaired) electrons. The molecule has 0 saturated heterocycles. The molecule has 28 heavy (non-hydrogen) atoms. The molecule has 150 valence electrons. The number of halogens is 2. The monoisotopic (exact) mass is 488 g/mol. The van der Waals surface area contributed by atoms with Gasteiger partial charge in [-0.05, 0) is 49.4 Å². The normalized spacial score (nSPS) is 12.5. The Morgan fingerprint density at radius 1 is 1.14 bits per heavy atom. The number of nitrogens with zero attached hydrogens (tertiary/aromatic N) is 1. The zero-order valence-electron chi connectivity index (χ0n) is 15.3. The lowest BCUT2D eigenvalue weighted by Gasteiger charge is -2.15. The van der Waals surface area contributed by atoms with Gasteiger partial charge in [-0.15, -0.1) is 0 Å². The van der Waals surface area contributed by atoms with Crippen LogP contribution in [0.1, 0.15) is 17.3 Å². The minimum Gasteiger partial charge on any atom is -0.449 e. The van der Waals surface area contributed by atoms with Crippen molar-refractivity contribution in [2.45, 2.75) is 17.9 Å². The van der Waals surface area contributed by atoms with Gasteiger partial charge in [0, 0.05) is 24.3 Å². The Morgan fingerprint density at radius 3 is 2.32 bits per heavy atom. The summed E-state index contributed by atoms with van der Waals surface area (Å²) < 4.78 is 31.6. The molecule has 0 bridgehead atoms. The van der Waals surface area contributed by atoms with Crippen LogP contribution in [0, 0.1) is 0 Å². The maximum atomic E-state index is 12.4. The van der Waals surface area contributed by atoms with Crippen LogP contribution >= 0.6 is 27.5 Å². The summed E-state index contributed by atoms with van der Waals surface area (Å²) in [6, 6.07) is 10.6. The molecule has 1 atom stereocenters. The highest BCUT2D eigenvalue weighted by Gasteiger charge is 2.24. The van der Waals surface area contributed by atoms with E-state index in [4.69, 9.17) is 16.3 Å². The maximum absolute atomic E-state index is 12.4. The third kappa shape index (κ3) is 5.32. The van der Waals surface area contributed by atoms with Gasteiger partial charge >= 0.3 is 5.97 Å². The van der Waals surface area contributed by atoms with E-state index in [1.807, 2.05) is 0 Å². The van der Waals surface area contributed by atoms with Crippen molar-refractivity contribution in [3.05, 3.63) is 57.5 Å². The molecule has 1 N–H and O–H groups in total. The van der Waals surface area contributed by atoms with Crippen LogP contribution in [0.15, 0.2) is 51.8 Å². The van der Waals surface area contributed by atoms with Gasteiger partial charge in [0.1, 0.15) is 4.90 Å². The van der Waals surface area contributed by atoms with Gasteiger partial charge in [0.25, 0.3) is 5.91 Å². The van der Waals surface area contributed by atoms with Gasteiger partial charge in [-0.1, -0.05) is 27.5 Å². The first-order valence-corrected chi connectivity index (χ1v) is 10.6. The number of rotatable bonds is 6. The molecule has 10 heteroatoms. The van der Waals surface area contributed by atoms with Gasteiger partial charge in [-0.3, -0.25) is 4.79 Å². The van der Waals surface area contributed by atoms with Crippen LogP contribution < -0.4 is 5.32 Å². The van der Waals surface area contributed by atoms with E-state index in [-0.39, 0.29) is 15.5 Å². The van der Waals surface area contributed by atoms with E-state index >= 15 is 0 Å². The molecule has 1 amide bonds. The molecule has 2 aromatic carbocycles. The number of sulfonamides is 1. The molecule has 2 aromatic rings. The molecule has 0 heterocycles. The van der Waals surface area contributed by atoms with Crippen molar-refractivity contribution in [3.63, 3.8) is 0 Å². The van der Waals surface area contributed by atoms with E-state index in [1.54, 1.807) is 24.3 Å². The smallest absolute Gasteiger partial charge is 0.338 e. The Hall–Kier alpha value is -1.94. The summed E-state index contributed by atoms with van der Waals surface area (Å²) in [5, 5.41) is 2.60. The van der Waals surface area contributed by atoms with Crippen molar-refractivity contribution in [1.82, 2.24) is 4.31 Å². The van der Waals surface area contributed by atoms with Crippen LogP contribution in [0.25, 0.3) is 0 Å². The van der Waals surface area contributed by atoms with E-state index in [0.717, 1.165) is 14.8 Å². The topological polar surface area (TPSA) is 92.8 Å². The van der Waals surface area contributed by atoms with Gasteiger partial charge < -0.3 is 10.1 Å². The molecular formula is C18H18BrClN2O5S. The summed E-state index contributed by atoms with van der Waals surface area (Å²) >= 11 is 9.26. The number of esters is 1. The first-order valence-electron chi connectivity index (χ1n) is 8.02. The third-order valence-electron chi connectivity index (χ3n) is 3.69. The van der Waals surface area contributed by atoms with E-state index in [2.05, 4.69) is 21.2 Å². The van der Waals surface area contributed by atoms with Crippen molar-refractivity contribution < 1.29 is 22.7 Å². The molecular weight excluding hydrogens is 472 g/mol. The van der Waals surface area contributed by atoms with E-state index in [0.29, 0.717) is 5.69 Å². The van der Waals surface area contributed by atoms with Gasteiger partial charge in [0.15, 0.2) is 6.10 Å². The van der Waals surface area contributed by atoms with Crippen LogP contribution in [0.5, 0.6) is 0 Å². The number of nitrogens with one attached hydrogen (secondary N) is 1. The molecule has 0 fully saturated rings. The number of benzene rings is 2. The van der Waals surface area contributed by atoms with Gasteiger partial charge in [0.2, 0.25) is 10.0 Å². The summed E-state index contributed by atoms with van der Waals surface area (Å²) in [5.41, 5.74) is 0.509. The number of ether oxygens (including phenoxy) is 1. The fraction of sp³-hybridized carbons (Fsp3) is 0.222. The second-order valence-corrected chi connectivity index (χ2v) is 9.42. The Morgan fingerprint density at radius 2 is 1.75 bits per heavy atom. The average Bonchev–Trinajstić information content (AvgIpc) is 2.63. The van der Waals surface area contributed by atoms with Crippen LogP contribution in [-0.2, 0) is 19.6 Å². The standard InChI is InChI=1S/C18H18BrClN2O5S/c1-11(17(23)21-14-7-5-13(19)6-8-14)27-18(24)12-4-9-15(20)16(10-12)28(25,26)22(2)3/h4-11H,1-3H3,(H,21,23). The third-order valence-corrected chi connectivity index (χ3v) is 6.52. The largest absolute Gasteiger partial charge is 0.449 e. The predicted molar refractivity (Wildman–Crippen MR) is 110 cm³/mol. The lowest BCUT2D eigenvalue weighted by molar-refractivity contribution is -0.123. The minimum atomic E-state index is -3.84. The fourth-order valence-corrected chi connectivity index (χ4v) is 3.74. The highest BCUT2D eigenvalue weighted by molar-refractivity contribution is 9.10. The van der Waals surface area contributed by atoms with Crippen molar-refractivity contribution in [1.29, 1.82) is 0 Å². The number of carbonyl (C=O) groups excluding carboxylic acids is 2. The number of amides is 1. The number of hydrogen-bond donors (Lipinski definition) is 1. The van der Waals surface area contributed by atoms with Crippen molar-refractivity contribution in [2.75, 3.05) is 19.4 Å². The first-order chi connectivity index (χ1) is 13.0. The zero-order chi connectivity index (χ0) is 21.1. The highest BCUT2D eigenvalue weighted by atomic mass is 79.9. The van der Waals surface area contributed by atoms with Gasteiger partial charge in [-0.25, -0.2) is 17.5 Å². The van der Waals surface area contributed by atoms with Crippen LogP contribution in [0.3, 0.4) is 0 Å². The summed E-state index contributed by atoms with van der Waals surface area (Å²) in [6.45, 7) is 1.42. The average molecular weight is 490 g/mol. The van der Waals surface area contributed by atoms with Crippen molar-refractivity contribution >= 4 is 55.1 Å². The molecule has 0 aliphatic rings. The van der Waals surface area contributed by atoms with Crippen molar-refractivity contribution in [3.8, 4) is 0 Å². The predicted octanol–water partition coefficient (Wildman–Crippen LogP) is 3.54. The van der Waals surface area contributed by atoms with Crippen LogP contribution in [-0.4, -0.2) is 44.8 Å². The van der Waals surface area contributed by atoms with Gasteiger partial charge in [-0.2, -0.15) is 0 Å². The summed E-state index contributed by atoms with van der Waals surface area (Å²) in [5.74, 6) is -1.36. The highest BCUT2D eigenvalue weighted by Crippen LogP contribution is 2.25. The molecule has 2 rings (SSSR count). The van der Waals surface area contributed by atoms with E-state index in [1.165, 1.54) is 33.2 Å². The molecule has 0 spiro atoms. The SMILES string of the molecule is CC(OC(=O)c1ccc(Cl)c(S(=O)(=O)N(C)C)c1)C(=O)Nc1ccc(Br)cc1. The Bertz CT molecular complexity index is 994. The number of carbonyl (C=O) groups is 2. The number of hydrogen-bond acceptors (Lipinski definition) is 5. The lowest BCUT2D eigenvalue weighted by atomic mass is 10.2. The molecule has 0 aliphatic carbocycles. The molecule has 7 nitrogen and oxygen atoms in total. The molecule has 0 aromatic heterocycles. The molecule has 1 unspecified atom stereocenters. The first kappa shape index (κ1) is 22.4. The molecule has 0 saturated carbocycles. The number of anilines is 1. The van der Waals surface area contributed by atoms with Crippen molar-refractivity contribution in [2.24, 2.45) is 0 Å². The van der Waals surface area contributed by atoms with Crippen LogP contribution in [0.2, 0.25) is 5.02 Å². The second kappa shape index (κ2) is 9.04. The fourth-order valence-electron chi connectivity index (χ4n) is 2.08. The van der Waals surface area contributed by atoms with Crippen LogP contribution in [0.4, 0.5) is 5.69 Å². The summed E-state index contributed by atoms with van der Waals surface area (Å²) in [4.78, 5) is 24.3. The lowest BCUT2D eigenvalue weighted by Crippen LogP contribution is -2.30. The maximum Gasteiger partial charge on any atom is 0.338 e. The summed E-state index contributed by atoms with van der Waals surface area (Å²) in [6.07, 6.45) is -1.10.